The van der Waals surface area contributed by atoms with Gasteiger partial charge in [-0.1, -0.05) is 6.58 Å². The predicted octanol–water partition coefficient (Wildman–Crippen LogP) is 2.48. The minimum Gasteiger partial charge on any atom is -0.469 e. The molecule has 14 nitrogen and oxygen atoms in total. The van der Waals surface area contributed by atoms with E-state index in [0.29, 0.717) is 44.1 Å². The van der Waals surface area contributed by atoms with Crippen molar-refractivity contribution < 1.29 is 66.7 Å². The molecule has 6 rings (SSSR count). The fourth-order valence-corrected chi connectivity index (χ4v) is 10.5. The van der Waals surface area contributed by atoms with E-state index in [-0.39, 0.29) is 17.8 Å². The van der Waals surface area contributed by atoms with Gasteiger partial charge in [-0.3, -0.25) is 28.8 Å². The van der Waals surface area contributed by atoms with Gasteiger partial charge < -0.3 is 37.9 Å². The van der Waals surface area contributed by atoms with Gasteiger partial charge in [-0.05, 0) is 62.9 Å². The highest BCUT2D eigenvalue weighted by Gasteiger charge is 2.83. The summed E-state index contributed by atoms with van der Waals surface area (Å²) in [5.41, 5.74) is -2.77. The fraction of sp³-hybridized carbons (Fsp3) is 0.765. The average molecular weight is 677 g/mol. The van der Waals surface area contributed by atoms with E-state index in [1.54, 1.807) is 0 Å². The highest BCUT2D eigenvalue weighted by atomic mass is 16.7. The molecule has 0 N–H and O–H groups in total. The van der Waals surface area contributed by atoms with E-state index in [1.807, 2.05) is 6.92 Å². The Morgan fingerprint density at radius 1 is 0.896 bits per heavy atom. The molecule has 0 aromatic carbocycles. The molecule has 14 heteroatoms. The molecule has 0 aromatic heterocycles. The van der Waals surface area contributed by atoms with Crippen molar-refractivity contribution in [2.75, 3.05) is 13.7 Å². The van der Waals surface area contributed by atoms with Crippen molar-refractivity contribution in [2.24, 2.45) is 28.6 Å². The minimum atomic E-state index is -1.40. The Balaban J connectivity index is 1.39. The van der Waals surface area contributed by atoms with Gasteiger partial charge in [0.25, 0.3) is 0 Å². The lowest BCUT2D eigenvalue weighted by Crippen LogP contribution is -2.64. The lowest BCUT2D eigenvalue weighted by atomic mass is 9.60. The van der Waals surface area contributed by atoms with Crippen LogP contribution in [0.2, 0.25) is 0 Å². The number of fused-ring (bicyclic) bond motifs is 1. The third-order valence-electron chi connectivity index (χ3n) is 11.8. The van der Waals surface area contributed by atoms with Crippen LogP contribution in [0.25, 0.3) is 0 Å². The molecular formula is C34H44O14. The number of carbonyl (C=O) groups is 6. The largest absolute Gasteiger partial charge is 0.469 e. The van der Waals surface area contributed by atoms with Gasteiger partial charge >= 0.3 is 35.8 Å². The zero-order chi connectivity index (χ0) is 35.0. The lowest BCUT2D eigenvalue weighted by Gasteiger charge is -2.50. The average Bonchev–Trinajstić information content (AvgIpc) is 3.41. The Kier molecular flexibility index (Phi) is 8.46. The molecule has 0 aromatic rings. The molecule has 4 saturated carbocycles. The van der Waals surface area contributed by atoms with Crippen molar-refractivity contribution in [3.05, 3.63) is 12.2 Å². The zero-order valence-corrected chi connectivity index (χ0v) is 28.2. The first-order valence-corrected chi connectivity index (χ1v) is 16.5. The van der Waals surface area contributed by atoms with Crippen LogP contribution in [0.1, 0.15) is 79.6 Å². The van der Waals surface area contributed by atoms with E-state index in [0.717, 1.165) is 27.2 Å². The third kappa shape index (κ3) is 5.04. The van der Waals surface area contributed by atoms with Crippen molar-refractivity contribution >= 4 is 35.8 Å². The van der Waals surface area contributed by atoms with Crippen molar-refractivity contribution in [1.82, 2.24) is 0 Å². The smallest absolute Gasteiger partial charge is 0.312 e. The molecule has 6 fully saturated rings. The standard InChI is InChI=1S/C34H44O14/c1-16-13-32-15-33(16,12-9-22(32)34-11-8-10-31(6,30(40)48-34)27(34)23(32)28(39)41-7)47-29-26(45-20(5)38)25(44-19(4)37)24(43-18(3)36)21(46-29)14-42-17(2)35/h21-27,29H,1,8-15H2,2-7H3/t21-,22-,23-,24-,25+,26-,27-,29+,31-,32+,33+,34-/m1/s1. The van der Waals surface area contributed by atoms with Crippen LogP contribution in [0.3, 0.4) is 0 Å². The summed E-state index contributed by atoms with van der Waals surface area (Å²) in [6.45, 7) is 10.6. The maximum atomic E-state index is 13.8. The van der Waals surface area contributed by atoms with Gasteiger partial charge in [0.2, 0.25) is 0 Å². The lowest BCUT2D eigenvalue weighted by molar-refractivity contribution is -0.330. The number of rotatable bonds is 8. The van der Waals surface area contributed by atoms with Crippen LogP contribution in [-0.2, 0) is 66.7 Å². The number of methoxy groups -OCH3 is 1. The minimum absolute atomic E-state index is 0.156. The van der Waals surface area contributed by atoms with Crippen LogP contribution in [0, 0.1) is 28.6 Å². The maximum Gasteiger partial charge on any atom is 0.312 e. The molecule has 2 heterocycles. The van der Waals surface area contributed by atoms with E-state index in [9.17, 15) is 28.8 Å². The Morgan fingerprint density at radius 3 is 2.17 bits per heavy atom. The van der Waals surface area contributed by atoms with Gasteiger partial charge in [0, 0.05) is 39.5 Å². The van der Waals surface area contributed by atoms with Gasteiger partial charge in [0.15, 0.2) is 24.6 Å². The summed E-state index contributed by atoms with van der Waals surface area (Å²) in [6, 6.07) is 0. The zero-order valence-electron chi connectivity index (χ0n) is 28.2. The molecule has 12 atom stereocenters. The topological polar surface area (TPSA) is 176 Å². The second kappa shape index (κ2) is 11.8. The Morgan fingerprint density at radius 2 is 1.54 bits per heavy atom. The van der Waals surface area contributed by atoms with E-state index in [4.69, 9.17) is 37.9 Å². The van der Waals surface area contributed by atoms with E-state index >= 15 is 0 Å². The molecule has 2 aliphatic heterocycles. The Hall–Kier alpha value is -3.52. The van der Waals surface area contributed by atoms with Gasteiger partial charge in [-0.25, -0.2) is 0 Å². The molecular weight excluding hydrogens is 632 g/mol. The molecule has 6 aliphatic rings. The van der Waals surface area contributed by atoms with Crippen LogP contribution >= 0.6 is 0 Å². The summed E-state index contributed by atoms with van der Waals surface area (Å²) in [6.07, 6.45) is -2.97. The molecule has 0 radical (unpaired) electrons. The van der Waals surface area contributed by atoms with Crippen molar-refractivity contribution in [3.8, 4) is 0 Å². The van der Waals surface area contributed by atoms with Crippen molar-refractivity contribution in [2.45, 2.75) is 121 Å². The Bertz CT molecular complexity index is 1440. The highest BCUT2D eigenvalue weighted by molar-refractivity contribution is 5.85. The number of ether oxygens (including phenoxy) is 8. The van der Waals surface area contributed by atoms with Gasteiger partial charge in [0.1, 0.15) is 18.3 Å². The molecule has 4 aliphatic carbocycles. The first kappa shape index (κ1) is 34.3. The molecule has 0 unspecified atom stereocenters. The normalized spacial score (nSPS) is 43.7. The van der Waals surface area contributed by atoms with Crippen molar-refractivity contribution in [3.63, 3.8) is 0 Å². The van der Waals surface area contributed by atoms with E-state index in [1.165, 1.54) is 14.0 Å². The summed E-state index contributed by atoms with van der Waals surface area (Å²) < 4.78 is 46.9. The number of hydrogen-bond acceptors (Lipinski definition) is 14. The van der Waals surface area contributed by atoms with Gasteiger partial charge in [0.05, 0.1) is 24.0 Å². The van der Waals surface area contributed by atoms with E-state index < -0.39 is 95.1 Å². The monoisotopic (exact) mass is 676 g/mol. The van der Waals surface area contributed by atoms with Gasteiger partial charge in [-0.15, -0.1) is 0 Å². The first-order chi connectivity index (χ1) is 22.5. The molecule has 48 heavy (non-hydrogen) atoms. The number of carbonyl (C=O) groups excluding carboxylic acids is 6. The predicted molar refractivity (Wildman–Crippen MR) is 159 cm³/mol. The highest BCUT2D eigenvalue weighted by Crippen LogP contribution is 2.79. The summed E-state index contributed by atoms with van der Waals surface area (Å²) >= 11 is 0. The van der Waals surface area contributed by atoms with Crippen LogP contribution in [0.4, 0.5) is 0 Å². The van der Waals surface area contributed by atoms with E-state index in [2.05, 4.69) is 6.58 Å². The third-order valence-corrected chi connectivity index (χ3v) is 11.8. The second-order valence-corrected chi connectivity index (χ2v) is 14.6. The fourth-order valence-electron chi connectivity index (χ4n) is 10.5. The molecule has 264 valence electrons. The molecule has 1 spiro atoms. The second-order valence-electron chi connectivity index (χ2n) is 14.6. The van der Waals surface area contributed by atoms with Crippen LogP contribution < -0.4 is 0 Å². The number of hydrogen-bond donors (Lipinski definition) is 0. The Labute approximate surface area is 278 Å². The quantitative estimate of drug-likeness (QED) is 0.208. The van der Waals surface area contributed by atoms with Crippen LogP contribution in [0.5, 0.6) is 0 Å². The maximum absolute atomic E-state index is 13.8. The summed E-state index contributed by atoms with van der Waals surface area (Å²) in [4.78, 5) is 76.0. The summed E-state index contributed by atoms with van der Waals surface area (Å²) in [5, 5.41) is 0. The molecule has 2 saturated heterocycles. The molecule has 0 amide bonds. The SMILES string of the molecule is C=C1C[C@]23C[C@@]1(O[C@@H]1O[C@H](COC(C)=O)[C@@H](OC(C)=O)[C@H](OC(C)=O)[C@H]1OC(C)=O)CC[C@H]2[C@@]12CCC[C@@](C)(C(=O)O1)[C@H]2[C@@H]3C(=O)OC. The first-order valence-electron chi connectivity index (χ1n) is 16.5. The van der Waals surface area contributed by atoms with Crippen LogP contribution in [-0.4, -0.2) is 91.4 Å². The summed E-state index contributed by atoms with van der Waals surface area (Å²) in [7, 11) is 1.35. The van der Waals surface area contributed by atoms with Crippen LogP contribution in [0.15, 0.2) is 12.2 Å². The van der Waals surface area contributed by atoms with Crippen molar-refractivity contribution in [1.29, 1.82) is 0 Å². The molecule has 4 bridgehead atoms. The van der Waals surface area contributed by atoms with Gasteiger partial charge in [-0.2, -0.15) is 0 Å². The number of esters is 6. The summed E-state index contributed by atoms with van der Waals surface area (Å²) in [5.74, 6) is -4.74.